The second-order valence-corrected chi connectivity index (χ2v) is 5.74. The highest BCUT2D eigenvalue weighted by molar-refractivity contribution is 5.85. The first kappa shape index (κ1) is 15.3. The number of carbonyl (C=O) groups excluding carboxylic acids is 2. The van der Waals surface area contributed by atoms with Gasteiger partial charge in [0.15, 0.2) is 0 Å². The number of carbonyl (C=O) groups is 3. The summed E-state index contributed by atoms with van der Waals surface area (Å²) in [4.78, 5) is 35.5. The van der Waals surface area contributed by atoms with Crippen molar-refractivity contribution < 1.29 is 19.5 Å². The molecule has 3 N–H and O–H groups in total. The van der Waals surface area contributed by atoms with Gasteiger partial charge in [0.1, 0.15) is 6.54 Å². The van der Waals surface area contributed by atoms with Crippen LogP contribution in [0.1, 0.15) is 27.2 Å². The number of piperazine rings is 1. The normalized spacial score (nSPS) is 17.6. The van der Waals surface area contributed by atoms with Crippen LogP contribution < -0.4 is 10.6 Å². The van der Waals surface area contributed by atoms with E-state index in [1.807, 2.05) is 20.8 Å². The molecular formula is C12H21N3O4. The monoisotopic (exact) mass is 271 g/mol. The van der Waals surface area contributed by atoms with Crippen LogP contribution in [0.3, 0.4) is 0 Å². The Morgan fingerprint density at radius 1 is 1.47 bits per heavy atom. The van der Waals surface area contributed by atoms with E-state index in [0.717, 1.165) is 0 Å². The Morgan fingerprint density at radius 3 is 2.58 bits per heavy atom. The lowest BCUT2D eigenvalue weighted by atomic mass is 9.85. The highest BCUT2D eigenvalue weighted by Crippen LogP contribution is 2.22. The van der Waals surface area contributed by atoms with Gasteiger partial charge >= 0.3 is 12.0 Å². The van der Waals surface area contributed by atoms with Crippen LogP contribution >= 0.6 is 0 Å². The van der Waals surface area contributed by atoms with Gasteiger partial charge in [-0.25, -0.2) is 4.79 Å². The molecule has 1 unspecified atom stereocenters. The molecule has 0 radical (unpaired) electrons. The summed E-state index contributed by atoms with van der Waals surface area (Å²) in [7, 11) is 0. The molecule has 1 atom stereocenters. The van der Waals surface area contributed by atoms with Gasteiger partial charge in [-0.3, -0.25) is 9.59 Å². The number of hydrogen-bond donors (Lipinski definition) is 3. The minimum atomic E-state index is -0.961. The van der Waals surface area contributed by atoms with Crippen molar-refractivity contribution in [2.24, 2.45) is 5.41 Å². The van der Waals surface area contributed by atoms with E-state index in [4.69, 9.17) is 5.11 Å². The van der Waals surface area contributed by atoms with Gasteiger partial charge in [-0.15, -0.1) is 0 Å². The Bertz CT molecular complexity index is 376. The Morgan fingerprint density at radius 2 is 2.11 bits per heavy atom. The number of urea groups is 1. The Balaban J connectivity index is 2.65. The second-order valence-electron chi connectivity index (χ2n) is 5.74. The molecule has 1 aliphatic heterocycles. The Hall–Kier alpha value is -1.79. The number of aliphatic carboxylic acids is 1. The van der Waals surface area contributed by atoms with Crippen LogP contribution in [-0.4, -0.2) is 53.6 Å². The third kappa shape index (κ3) is 4.76. The van der Waals surface area contributed by atoms with Gasteiger partial charge in [0.05, 0.1) is 6.42 Å². The smallest absolute Gasteiger partial charge is 0.318 e. The highest BCUT2D eigenvalue weighted by Gasteiger charge is 2.31. The van der Waals surface area contributed by atoms with Crippen LogP contribution in [0.15, 0.2) is 0 Å². The summed E-state index contributed by atoms with van der Waals surface area (Å²) in [6.45, 7) is 6.46. The van der Waals surface area contributed by atoms with Crippen LogP contribution in [0.25, 0.3) is 0 Å². The summed E-state index contributed by atoms with van der Waals surface area (Å²) < 4.78 is 0. The molecule has 7 heteroatoms. The van der Waals surface area contributed by atoms with Crippen LogP contribution in [0.4, 0.5) is 4.79 Å². The van der Waals surface area contributed by atoms with E-state index in [9.17, 15) is 14.4 Å². The molecule has 1 rings (SSSR count). The lowest BCUT2D eigenvalue weighted by molar-refractivity contribution is -0.138. The average molecular weight is 271 g/mol. The zero-order valence-electron chi connectivity index (χ0n) is 11.5. The minimum Gasteiger partial charge on any atom is -0.481 e. The molecule has 7 nitrogen and oxygen atoms in total. The highest BCUT2D eigenvalue weighted by atomic mass is 16.4. The van der Waals surface area contributed by atoms with E-state index in [1.54, 1.807) is 0 Å². The molecule has 108 valence electrons. The maximum absolute atomic E-state index is 12.0. The van der Waals surface area contributed by atoms with Crippen molar-refractivity contribution in [2.45, 2.75) is 33.2 Å². The molecule has 0 aliphatic carbocycles. The van der Waals surface area contributed by atoms with E-state index in [-0.39, 0.29) is 24.3 Å². The number of amides is 3. The predicted molar refractivity (Wildman–Crippen MR) is 68.6 cm³/mol. The summed E-state index contributed by atoms with van der Waals surface area (Å²) in [6, 6.07) is -0.876. The van der Waals surface area contributed by atoms with Crippen molar-refractivity contribution >= 4 is 17.9 Å². The Labute approximate surface area is 112 Å². The predicted octanol–water partition coefficient (Wildman–Crippen LogP) is 0.0172. The average Bonchev–Trinajstić information content (AvgIpc) is 2.26. The fourth-order valence-electron chi connectivity index (χ4n) is 1.80. The number of nitrogens with one attached hydrogen (secondary N) is 2. The topological polar surface area (TPSA) is 98.7 Å². The van der Waals surface area contributed by atoms with Crippen molar-refractivity contribution in [3.05, 3.63) is 0 Å². The minimum absolute atomic E-state index is 0.00969. The molecule has 1 saturated heterocycles. The lowest BCUT2D eigenvalue weighted by Crippen LogP contribution is -2.56. The van der Waals surface area contributed by atoms with Crippen LogP contribution in [-0.2, 0) is 9.59 Å². The van der Waals surface area contributed by atoms with E-state index in [0.29, 0.717) is 13.1 Å². The third-order valence-electron chi connectivity index (χ3n) is 3.05. The van der Waals surface area contributed by atoms with Gasteiger partial charge in [-0.05, 0) is 5.41 Å². The number of hydrogen-bond acceptors (Lipinski definition) is 3. The van der Waals surface area contributed by atoms with Crippen LogP contribution in [0.5, 0.6) is 0 Å². The SMILES string of the molecule is CC(C)(C)C(CC(=O)O)NC(=O)N1CCNC(=O)C1. The molecule has 3 amide bonds. The van der Waals surface area contributed by atoms with Gasteiger partial charge in [0, 0.05) is 19.1 Å². The zero-order valence-corrected chi connectivity index (χ0v) is 11.5. The zero-order chi connectivity index (χ0) is 14.6. The van der Waals surface area contributed by atoms with E-state index in [2.05, 4.69) is 10.6 Å². The quantitative estimate of drug-likeness (QED) is 0.673. The second kappa shape index (κ2) is 5.90. The van der Waals surface area contributed by atoms with E-state index >= 15 is 0 Å². The van der Waals surface area contributed by atoms with Crippen LogP contribution in [0.2, 0.25) is 0 Å². The lowest BCUT2D eigenvalue weighted by Gasteiger charge is -2.34. The molecule has 19 heavy (non-hydrogen) atoms. The molecule has 0 bridgehead atoms. The Kier molecular flexibility index (Phi) is 4.74. The fourth-order valence-corrected chi connectivity index (χ4v) is 1.80. The van der Waals surface area contributed by atoms with E-state index in [1.165, 1.54) is 4.90 Å². The summed E-state index contributed by atoms with van der Waals surface area (Å²) in [5, 5.41) is 14.2. The van der Waals surface area contributed by atoms with Gasteiger partial charge in [0.25, 0.3) is 0 Å². The standard InChI is InChI=1S/C12H21N3O4/c1-12(2,3)8(6-10(17)18)14-11(19)15-5-4-13-9(16)7-15/h8H,4-7H2,1-3H3,(H,13,16)(H,14,19)(H,17,18). The van der Waals surface area contributed by atoms with Crippen LogP contribution in [0, 0.1) is 5.41 Å². The largest absolute Gasteiger partial charge is 0.481 e. The number of carboxylic acids is 1. The van der Waals surface area contributed by atoms with Crippen molar-refractivity contribution in [1.82, 2.24) is 15.5 Å². The first-order valence-electron chi connectivity index (χ1n) is 6.24. The van der Waals surface area contributed by atoms with Gasteiger partial charge in [0.2, 0.25) is 5.91 Å². The van der Waals surface area contributed by atoms with Gasteiger partial charge in [-0.1, -0.05) is 20.8 Å². The number of nitrogens with zero attached hydrogens (tertiary/aromatic N) is 1. The molecule has 1 fully saturated rings. The maximum atomic E-state index is 12.0. The molecule has 0 spiro atoms. The fraction of sp³-hybridized carbons (Fsp3) is 0.750. The summed E-state index contributed by atoms with van der Waals surface area (Å²) in [5.74, 6) is -1.16. The summed E-state index contributed by atoms with van der Waals surface area (Å²) >= 11 is 0. The van der Waals surface area contributed by atoms with Crippen molar-refractivity contribution in [3.63, 3.8) is 0 Å². The maximum Gasteiger partial charge on any atom is 0.318 e. The summed E-state index contributed by atoms with van der Waals surface area (Å²) in [5.41, 5.74) is -0.369. The molecule has 1 aliphatic rings. The molecule has 0 aromatic heterocycles. The third-order valence-corrected chi connectivity index (χ3v) is 3.05. The molecule has 0 saturated carbocycles. The molecule has 1 heterocycles. The molecule has 0 aromatic carbocycles. The van der Waals surface area contributed by atoms with Crippen molar-refractivity contribution in [1.29, 1.82) is 0 Å². The molecular weight excluding hydrogens is 250 g/mol. The van der Waals surface area contributed by atoms with Gasteiger partial charge in [-0.2, -0.15) is 0 Å². The first-order valence-corrected chi connectivity index (χ1v) is 6.24. The first-order chi connectivity index (χ1) is 8.70. The van der Waals surface area contributed by atoms with Crippen molar-refractivity contribution in [3.8, 4) is 0 Å². The number of rotatable bonds is 3. The van der Waals surface area contributed by atoms with E-state index < -0.39 is 18.0 Å². The number of carboxylic acid groups (broad SMARTS) is 1. The molecule has 0 aromatic rings. The summed E-state index contributed by atoms with van der Waals surface area (Å²) in [6.07, 6.45) is -0.144. The van der Waals surface area contributed by atoms with Gasteiger partial charge < -0.3 is 20.6 Å². The van der Waals surface area contributed by atoms with Crippen molar-refractivity contribution in [2.75, 3.05) is 19.6 Å².